The summed E-state index contributed by atoms with van der Waals surface area (Å²) in [6.07, 6.45) is 4.87. The fourth-order valence-corrected chi connectivity index (χ4v) is 4.32. The van der Waals surface area contributed by atoms with Crippen molar-refractivity contribution in [1.82, 2.24) is 14.6 Å². The Bertz CT molecular complexity index is 630. The van der Waals surface area contributed by atoms with Crippen LogP contribution in [-0.4, -0.2) is 38.0 Å². The zero-order valence-electron chi connectivity index (χ0n) is 12.3. The number of rotatable bonds is 5. The number of sulfonamides is 1. The number of carbonyl (C=O) groups excluding carboxylic acids is 1. The van der Waals surface area contributed by atoms with Gasteiger partial charge in [-0.25, -0.2) is 13.1 Å². The highest BCUT2D eigenvalue weighted by Crippen LogP contribution is 2.30. The summed E-state index contributed by atoms with van der Waals surface area (Å²) >= 11 is 0. The van der Waals surface area contributed by atoms with Crippen LogP contribution in [0.5, 0.6) is 0 Å². The van der Waals surface area contributed by atoms with Gasteiger partial charge in [-0.3, -0.25) is 4.79 Å². The van der Waals surface area contributed by atoms with Crippen molar-refractivity contribution in [1.29, 1.82) is 0 Å². The third kappa shape index (κ3) is 3.12. The second-order valence-electron chi connectivity index (χ2n) is 5.55. The molecule has 0 spiro atoms. The first-order valence-electron chi connectivity index (χ1n) is 6.96. The molecule has 1 heterocycles. The lowest BCUT2D eigenvalue weighted by molar-refractivity contribution is 0.0955. The molecule has 8 heteroatoms. The van der Waals surface area contributed by atoms with Crippen molar-refractivity contribution in [2.75, 3.05) is 13.6 Å². The van der Waals surface area contributed by atoms with Gasteiger partial charge in [0.2, 0.25) is 10.0 Å². The van der Waals surface area contributed by atoms with Crippen LogP contribution in [0.3, 0.4) is 0 Å². The van der Waals surface area contributed by atoms with Gasteiger partial charge in [-0.05, 0) is 18.9 Å². The minimum Gasteiger partial charge on any atom is -0.354 e. The number of hydrogen-bond donors (Lipinski definition) is 3. The Hall–Kier alpha value is -1.38. The van der Waals surface area contributed by atoms with E-state index in [-0.39, 0.29) is 17.3 Å². The molecule has 0 radical (unpaired) electrons. The molecule has 1 aliphatic carbocycles. The van der Waals surface area contributed by atoms with Gasteiger partial charge < -0.3 is 15.6 Å². The van der Waals surface area contributed by atoms with Crippen LogP contribution in [0.1, 0.15) is 36.2 Å². The van der Waals surface area contributed by atoms with Gasteiger partial charge >= 0.3 is 0 Å². The fourth-order valence-electron chi connectivity index (χ4n) is 2.78. The first-order chi connectivity index (χ1) is 9.83. The molecule has 4 N–H and O–H groups in total. The molecular formula is C13H22N4O3S. The van der Waals surface area contributed by atoms with E-state index in [4.69, 9.17) is 5.73 Å². The summed E-state index contributed by atoms with van der Waals surface area (Å²) < 4.78 is 29.3. The Kier molecular flexibility index (Phi) is 4.40. The van der Waals surface area contributed by atoms with Crippen molar-refractivity contribution in [3.8, 4) is 0 Å². The molecule has 1 aromatic rings. The molecule has 21 heavy (non-hydrogen) atoms. The van der Waals surface area contributed by atoms with E-state index in [2.05, 4.69) is 10.0 Å². The van der Waals surface area contributed by atoms with Gasteiger partial charge in [0.15, 0.2) is 0 Å². The van der Waals surface area contributed by atoms with Crippen molar-refractivity contribution in [2.24, 2.45) is 12.8 Å². The van der Waals surface area contributed by atoms with Crippen molar-refractivity contribution in [3.05, 3.63) is 18.0 Å². The van der Waals surface area contributed by atoms with Gasteiger partial charge in [0.05, 0.1) is 0 Å². The summed E-state index contributed by atoms with van der Waals surface area (Å²) in [5.74, 6) is -0.326. The van der Waals surface area contributed by atoms with E-state index >= 15 is 0 Å². The van der Waals surface area contributed by atoms with Crippen molar-refractivity contribution >= 4 is 15.9 Å². The summed E-state index contributed by atoms with van der Waals surface area (Å²) in [6, 6.07) is 1.38. The number of nitrogens with two attached hydrogens (primary N) is 1. The number of hydrogen-bond acceptors (Lipinski definition) is 4. The lowest BCUT2D eigenvalue weighted by Gasteiger charge is -2.27. The Morgan fingerprint density at radius 3 is 2.57 bits per heavy atom. The largest absolute Gasteiger partial charge is 0.354 e. The van der Waals surface area contributed by atoms with E-state index in [0.717, 1.165) is 25.7 Å². The van der Waals surface area contributed by atoms with Crippen LogP contribution in [0, 0.1) is 0 Å². The topological polar surface area (TPSA) is 106 Å². The van der Waals surface area contributed by atoms with Crippen LogP contribution in [-0.2, 0) is 17.1 Å². The Labute approximate surface area is 124 Å². The Morgan fingerprint density at radius 2 is 2.05 bits per heavy atom. The van der Waals surface area contributed by atoms with Gasteiger partial charge in [-0.2, -0.15) is 0 Å². The highest BCUT2D eigenvalue weighted by molar-refractivity contribution is 7.89. The van der Waals surface area contributed by atoms with E-state index in [9.17, 15) is 13.2 Å². The van der Waals surface area contributed by atoms with E-state index in [1.54, 1.807) is 7.05 Å². The maximum atomic E-state index is 12.5. The van der Waals surface area contributed by atoms with Crippen molar-refractivity contribution in [2.45, 2.75) is 36.1 Å². The van der Waals surface area contributed by atoms with Crippen molar-refractivity contribution in [3.63, 3.8) is 0 Å². The van der Waals surface area contributed by atoms with Crippen LogP contribution < -0.4 is 15.8 Å². The lowest BCUT2D eigenvalue weighted by Crippen LogP contribution is -2.51. The molecule has 0 aromatic carbocycles. The minimum absolute atomic E-state index is 0.0864. The highest BCUT2D eigenvalue weighted by Gasteiger charge is 2.37. The van der Waals surface area contributed by atoms with Crippen LogP contribution in [0.2, 0.25) is 0 Å². The van der Waals surface area contributed by atoms with Gasteiger partial charge in [0.1, 0.15) is 10.6 Å². The molecule has 1 aliphatic rings. The third-order valence-electron chi connectivity index (χ3n) is 4.05. The SMILES string of the molecule is CNC(=O)c1cc(S(=O)(=O)NC2(CN)CCCC2)cn1C. The monoisotopic (exact) mass is 314 g/mol. The predicted molar refractivity (Wildman–Crippen MR) is 79.4 cm³/mol. The van der Waals surface area contributed by atoms with E-state index in [1.165, 1.54) is 23.9 Å². The second-order valence-corrected chi connectivity index (χ2v) is 7.23. The smallest absolute Gasteiger partial charge is 0.267 e. The number of amides is 1. The molecule has 1 aromatic heterocycles. The number of carbonyl (C=O) groups is 1. The summed E-state index contributed by atoms with van der Waals surface area (Å²) in [4.78, 5) is 11.8. The molecule has 0 saturated heterocycles. The predicted octanol–water partition coefficient (Wildman–Crippen LogP) is -0.0655. The lowest BCUT2D eigenvalue weighted by atomic mass is 10.0. The number of nitrogens with one attached hydrogen (secondary N) is 2. The van der Waals surface area contributed by atoms with E-state index in [1.807, 2.05) is 0 Å². The molecule has 0 unspecified atom stereocenters. The summed E-state index contributed by atoms with van der Waals surface area (Å²) in [5.41, 5.74) is 5.51. The van der Waals surface area contributed by atoms with E-state index in [0.29, 0.717) is 5.69 Å². The maximum Gasteiger partial charge on any atom is 0.267 e. The molecule has 0 atom stereocenters. The molecule has 0 bridgehead atoms. The molecule has 118 valence electrons. The summed E-state index contributed by atoms with van der Waals surface area (Å²) in [5, 5.41) is 2.48. The zero-order valence-corrected chi connectivity index (χ0v) is 13.2. The number of aromatic nitrogens is 1. The third-order valence-corrected chi connectivity index (χ3v) is 5.60. The summed E-state index contributed by atoms with van der Waals surface area (Å²) in [7, 11) is -0.548. The van der Waals surface area contributed by atoms with Gasteiger partial charge in [0.25, 0.3) is 5.91 Å². The number of nitrogens with zero attached hydrogens (tertiary/aromatic N) is 1. The van der Waals surface area contributed by atoms with Crippen LogP contribution in [0.15, 0.2) is 17.2 Å². The molecule has 1 saturated carbocycles. The average molecular weight is 314 g/mol. The van der Waals surface area contributed by atoms with Crippen LogP contribution >= 0.6 is 0 Å². The molecule has 0 aliphatic heterocycles. The molecular weight excluding hydrogens is 292 g/mol. The first kappa shape index (κ1) is 16.0. The molecule has 2 rings (SSSR count). The highest BCUT2D eigenvalue weighted by atomic mass is 32.2. The minimum atomic E-state index is -3.69. The van der Waals surface area contributed by atoms with Crippen LogP contribution in [0.4, 0.5) is 0 Å². The van der Waals surface area contributed by atoms with Gasteiger partial charge in [0, 0.05) is 32.4 Å². The maximum absolute atomic E-state index is 12.5. The van der Waals surface area contributed by atoms with Gasteiger partial charge in [-0.15, -0.1) is 0 Å². The Morgan fingerprint density at radius 1 is 1.43 bits per heavy atom. The second kappa shape index (κ2) is 5.78. The fraction of sp³-hybridized carbons (Fsp3) is 0.615. The summed E-state index contributed by atoms with van der Waals surface area (Å²) in [6.45, 7) is 0.279. The van der Waals surface area contributed by atoms with Crippen molar-refractivity contribution < 1.29 is 13.2 Å². The Balaban J connectivity index is 2.30. The quantitative estimate of drug-likeness (QED) is 0.707. The standard InChI is InChI=1S/C13H22N4O3S/c1-15-12(18)11-7-10(8-17(11)2)21(19,20)16-13(9-14)5-3-4-6-13/h7-8,16H,3-6,9,14H2,1-2H3,(H,15,18). The van der Waals surface area contributed by atoms with E-state index < -0.39 is 15.6 Å². The zero-order chi connectivity index (χ0) is 15.7. The van der Waals surface area contributed by atoms with Gasteiger partial charge in [-0.1, -0.05) is 12.8 Å². The molecule has 1 amide bonds. The first-order valence-corrected chi connectivity index (χ1v) is 8.44. The normalized spacial score (nSPS) is 17.9. The number of aryl methyl sites for hydroxylation is 1. The molecule has 7 nitrogen and oxygen atoms in total. The molecule has 1 fully saturated rings. The van der Waals surface area contributed by atoms with Crippen LogP contribution in [0.25, 0.3) is 0 Å². The average Bonchev–Trinajstić information content (AvgIpc) is 3.05.